The van der Waals surface area contributed by atoms with E-state index in [1.807, 2.05) is 6.07 Å². The molecule has 0 aromatic heterocycles. The molecule has 1 N–H and O–H groups in total. The van der Waals surface area contributed by atoms with E-state index in [0.717, 1.165) is 30.4 Å². The molecule has 33 heavy (non-hydrogen) atoms. The number of ether oxygens (including phenoxy) is 1. The first kappa shape index (κ1) is 23.3. The zero-order chi connectivity index (χ0) is 23.4. The maximum atomic E-state index is 12.9. The zero-order valence-electron chi connectivity index (χ0n) is 18.3. The van der Waals surface area contributed by atoms with Gasteiger partial charge < -0.3 is 10.1 Å². The van der Waals surface area contributed by atoms with E-state index in [1.165, 1.54) is 7.11 Å². The van der Waals surface area contributed by atoms with Crippen LogP contribution in [0.15, 0.2) is 71.6 Å². The van der Waals surface area contributed by atoms with E-state index in [2.05, 4.69) is 5.32 Å². The molecule has 1 aliphatic rings. The number of amides is 1. The Morgan fingerprint density at radius 2 is 1.67 bits per heavy atom. The summed E-state index contributed by atoms with van der Waals surface area (Å²) in [5.74, 6) is 0.205. The second kappa shape index (κ2) is 9.95. The number of carbonyl (C=O) groups excluding carboxylic acids is 1. The van der Waals surface area contributed by atoms with Gasteiger partial charge in [-0.15, -0.1) is 0 Å². The fraction of sp³-hybridized carbons (Fsp3) is 0.240. The second-order valence-corrected chi connectivity index (χ2v) is 10.2. The molecule has 1 fully saturated rings. The van der Waals surface area contributed by atoms with E-state index in [0.29, 0.717) is 35.1 Å². The van der Waals surface area contributed by atoms with Gasteiger partial charge in [-0.05, 0) is 66.4 Å². The molecule has 0 saturated carbocycles. The summed E-state index contributed by atoms with van der Waals surface area (Å²) in [6.45, 7) is 1.14. The maximum Gasteiger partial charge on any atom is 0.255 e. The van der Waals surface area contributed by atoms with Crippen molar-refractivity contribution in [1.82, 2.24) is 4.31 Å². The number of anilines is 1. The summed E-state index contributed by atoms with van der Waals surface area (Å²) >= 11 is 6.05. The third kappa shape index (κ3) is 5.21. The number of halogens is 1. The van der Waals surface area contributed by atoms with Gasteiger partial charge in [-0.25, -0.2) is 8.42 Å². The first-order valence-electron chi connectivity index (χ1n) is 10.7. The Morgan fingerprint density at radius 3 is 2.36 bits per heavy atom. The van der Waals surface area contributed by atoms with Crippen LogP contribution in [0, 0.1) is 0 Å². The van der Waals surface area contributed by atoms with Gasteiger partial charge in [0.2, 0.25) is 10.0 Å². The van der Waals surface area contributed by atoms with E-state index in [4.69, 9.17) is 16.3 Å². The summed E-state index contributed by atoms with van der Waals surface area (Å²) in [5.41, 5.74) is 2.57. The van der Waals surface area contributed by atoms with Crippen LogP contribution in [0.25, 0.3) is 11.1 Å². The molecule has 1 aliphatic heterocycles. The number of hydrogen-bond acceptors (Lipinski definition) is 4. The van der Waals surface area contributed by atoms with Gasteiger partial charge in [0.1, 0.15) is 5.75 Å². The number of hydrogen-bond donors (Lipinski definition) is 1. The Morgan fingerprint density at radius 1 is 0.939 bits per heavy atom. The minimum atomic E-state index is -3.48. The van der Waals surface area contributed by atoms with Crippen molar-refractivity contribution in [3.63, 3.8) is 0 Å². The van der Waals surface area contributed by atoms with Gasteiger partial charge >= 0.3 is 0 Å². The van der Waals surface area contributed by atoms with Gasteiger partial charge in [-0.2, -0.15) is 4.31 Å². The highest BCUT2D eigenvalue weighted by molar-refractivity contribution is 7.89. The van der Waals surface area contributed by atoms with Crippen LogP contribution in [-0.4, -0.2) is 38.8 Å². The largest absolute Gasteiger partial charge is 0.495 e. The molecule has 0 spiro atoms. The molecule has 0 unspecified atom stereocenters. The van der Waals surface area contributed by atoms with Gasteiger partial charge in [0.15, 0.2) is 0 Å². The fourth-order valence-electron chi connectivity index (χ4n) is 3.89. The van der Waals surface area contributed by atoms with E-state index < -0.39 is 10.0 Å². The van der Waals surface area contributed by atoms with E-state index in [1.54, 1.807) is 65.0 Å². The Kier molecular flexibility index (Phi) is 7.02. The predicted molar refractivity (Wildman–Crippen MR) is 130 cm³/mol. The molecule has 1 amide bonds. The Bertz CT molecular complexity index is 1250. The van der Waals surface area contributed by atoms with Crippen LogP contribution in [0.2, 0.25) is 5.02 Å². The summed E-state index contributed by atoms with van der Waals surface area (Å²) in [5, 5.41) is 3.31. The number of nitrogens with zero attached hydrogens (tertiary/aromatic N) is 1. The van der Waals surface area contributed by atoms with Crippen molar-refractivity contribution < 1.29 is 17.9 Å². The number of rotatable bonds is 6. The summed E-state index contributed by atoms with van der Waals surface area (Å²) in [6.07, 6.45) is 2.86. The smallest absolute Gasteiger partial charge is 0.255 e. The zero-order valence-corrected chi connectivity index (χ0v) is 19.8. The summed E-state index contributed by atoms with van der Waals surface area (Å²) < 4.78 is 32.6. The molecule has 1 saturated heterocycles. The topological polar surface area (TPSA) is 75.7 Å². The molecule has 6 nitrogen and oxygen atoms in total. The predicted octanol–water partition coefficient (Wildman–Crippen LogP) is 5.44. The molecular formula is C25H25ClN2O4S. The van der Waals surface area contributed by atoms with Gasteiger partial charge in [-0.3, -0.25) is 4.79 Å². The lowest BCUT2D eigenvalue weighted by atomic mass is 10.0. The summed E-state index contributed by atoms with van der Waals surface area (Å²) in [4.78, 5) is 13.1. The fourth-order valence-corrected chi connectivity index (χ4v) is 5.58. The van der Waals surface area contributed by atoms with Crippen molar-refractivity contribution in [2.75, 3.05) is 25.5 Å². The van der Waals surface area contributed by atoms with E-state index in [-0.39, 0.29) is 10.8 Å². The molecule has 0 aliphatic carbocycles. The van der Waals surface area contributed by atoms with Gasteiger partial charge in [0.05, 0.1) is 17.7 Å². The van der Waals surface area contributed by atoms with Gasteiger partial charge in [-0.1, -0.05) is 42.3 Å². The van der Waals surface area contributed by atoms with Crippen LogP contribution in [0.4, 0.5) is 5.69 Å². The van der Waals surface area contributed by atoms with Crippen molar-refractivity contribution in [3.05, 3.63) is 77.3 Å². The molecule has 4 rings (SSSR count). The van der Waals surface area contributed by atoms with Crippen LogP contribution in [0.1, 0.15) is 29.6 Å². The number of piperidine rings is 1. The first-order valence-corrected chi connectivity index (χ1v) is 12.6. The third-order valence-electron chi connectivity index (χ3n) is 5.67. The molecule has 0 radical (unpaired) electrons. The normalized spacial score (nSPS) is 14.6. The monoisotopic (exact) mass is 484 g/mol. The van der Waals surface area contributed by atoms with Crippen LogP contribution in [-0.2, 0) is 10.0 Å². The van der Waals surface area contributed by atoms with Crippen LogP contribution in [0.3, 0.4) is 0 Å². The number of carbonyl (C=O) groups is 1. The van der Waals surface area contributed by atoms with Crippen molar-refractivity contribution >= 4 is 33.2 Å². The molecular weight excluding hydrogens is 460 g/mol. The highest BCUT2D eigenvalue weighted by Crippen LogP contribution is 2.29. The van der Waals surface area contributed by atoms with E-state index >= 15 is 0 Å². The van der Waals surface area contributed by atoms with Gasteiger partial charge in [0, 0.05) is 23.7 Å². The average molecular weight is 485 g/mol. The van der Waals surface area contributed by atoms with Gasteiger partial charge in [0.25, 0.3) is 5.91 Å². The maximum absolute atomic E-state index is 12.9. The lowest BCUT2D eigenvalue weighted by Crippen LogP contribution is -2.35. The van der Waals surface area contributed by atoms with Crippen molar-refractivity contribution in [2.24, 2.45) is 0 Å². The lowest BCUT2D eigenvalue weighted by molar-refractivity contribution is 0.102. The number of nitrogens with one attached hydrogen (secondary N) is 1. The molecule has 3 aromatic carbocycles. The van der Waals surface area contributed by atoms with Crippen molar-refractivity contribution in [3.8, 4) is 16.9 Å². The molecule has 0 bridgehead atoms. The molecule has 0 atom stereocenters. The average Bonchev–Trinajstić information content (AvgIpc) is 2.85. The Hall–Kier alpha value is -2.87. The minimum Gasteiger partial charge on any atom is -0.495 e. The Balaban J connectivity index is 1.54. The SMILES string of the molecule is COc1ccc(Cl)cc1NC(=O)c1cccc(-c2ccc(S(=O)(=O)N3CCCCC3)cc2)c1. The first-order chi connectivity index (χ1) is 15.9. The van der Waals surface area contributed by atoms with Crippen molar-refractivity contribution in [1.29, 1.82) is 0 Å². The van der Waals surface area contributed by atoms with Crippen LogP contribution < -0.4 is 10.1 Å². The minimum absolute atomic E-state index is 0.287. The highest BCUT2D eigenvalue weighted by Gasteiger charge is 2.25. The molecule has 3 aromatic rings. The summed E-state index contributed by atoms with van der Waals surface area (Å²) in [6, 6.07) is 18.9. The van der Waals surface area contributed by atoms with Crippen LogP contribution >= 0.6 is 11.6 Å². The summed E-state index contributed by atoms with van der Waals surface area (Å²) in [7, 11) is -1.96. The standard InChI is InChI=1S/C25H25ClN2O4S/c1-32-24-13-10-21(26)17-23(24)27-25(29)20-7-5-6-19(16-20)18-8-11-22(12-9-18)33(30,31)28-14-3-2-4-15-28/h5-13,16-17H,2-4,14-15H2,1H3,(H,27,29). The lowest BCUT2D eigenvalue weighted by Gasteiger charge is -2.25. The quantitative estimate of drug-likeness (QED) is 0.505. The number of methoxy groups -OCH3 is 1. The highest BCUT2D eigenvalue weighted by atomic mass is 35.5. The number of benzene rings is 3. The molecule has 172 valence electrons. The van der Waals surface area contributed by atoms with Crippen LogP contribution in [0.5, 0.6) is 5.75 Å². The van der Waals surface area contributed by atoms with Crippen molar-refractivity contribution in [2.45, 2.75) is 24.2 Å². The second-order valence-electron chi connectivity index (χ2n) is 7.87. The number of sulfonamides is 1. The third-order valence-corrected chi connectivity index (χ3v) is 7.82. The Labute approximate surface area is 199 Å². The van der Waals surface area contributed by atoms with E-state index in [9.17, 15) is 13.2 Å². The molecule has 8 heteroatoms. The molecule has 1 heterocycles.